The van der Waals surface area contributed by atoms with E-state index in [2.05, 4.69) is 15.9 Å². The summed E-state index contributed by atoms with van der Waals surface area (Å²) < 4.78 is 6.28. The van der Waals surface area contributed by atoms with Crippen LogP contribution in [0.5, 0.6) is 5.75 Å². The number of ether oxygens (including phenoxy) is 1. The summed E-state index contributed by atoms with van der Waals surface area (Å²) in [6, 6.07) is 18.4. The molecule has 0 aliphatic heterocycles. The van der Waals surface area contributed by atoms with Crippen molar-refractivity contribution in [2.45, 2.75) is 0 Å². The lowest BCUT2D eigenvalue weighted by molar-refractivity contribution is -0.120. The molecule has 0 aromatic heterocycles. The molecule has 0 fully saturated rings. The van der Waals surface area contributed by atoms with Gasteiger partial charge in [-0.1, -0.05) is 30.3 Å². The molecule has 106 valence electrons. The monoisotopic (exact) mass is 344 g/mol. The molecule has 21 heavy (non-hydrogen) atoms. The molecule has 1 amide bonds. The van der Waals surface area contributed by atoms with E-state index in [-0.39, 0.29) is 19.1 Å². The van der Waals surface area contributed by atoms with Gasteiger partial charge in [-0.15, -0.1) is 0 Å². The van der Waals surface area contributed by atoms with Gasteiger partial charge in [-0.3, -0.25) is 9.69 Å². The molecule has 0 saturated carbocycles. The average molecular weight is 345 g/mol. The Morgan fingerprint density at radius 3 is 2.48 bits per heavy atom. The molecule has 5 heteroatoms. The molecule has 0 spiro atoms. The lowest BCUT2D eigenvalue weighted by Crippen LogP contribution is -2.35. The summed E-state index contributed by atoms with van der Waals surface area (Å²) in [5.74, 6) is 0.328. The SMILES string of the molecule is N#CCN(C(=O)COc1ccccc1Br)c1ccccc1. The van der Waals surface area contributed by atoms with Crippen molar-refractivity contribution in [2.24, 2.45) is 0 Å². The number of hydrogen-bond donors (Lipinski definition) is 0. The van der Waals surface area contributed by atoms with Gasteiger partial charge in [-0.05, 0) is 40.2 Å². The van der Waals surface area contributed by atoms with Crippen molar-refractivity contribution in [3.8, 4) is 11.8 Å². The molecule has 0 aliphatic rings. The van der Waals surface area contributed by atoms with E-state index in [9.17, 15) is 4.79 Å². The first-order valence-corrected chi connectivity index (χ1v) is 7.11. The van der Waals surface area contributed by atoms with E-state index in [0.717, 1.165) is 4.47 Å². The fourth-order valence-electron chi connectivity index (χ4n) is 1.78. The number of halogens is 1. The summed E-state index contributed by atoms with van der Waals surface area (Å²) in [6.45, 7) is -0.138. The van der Waals surface area contributed by atoms with Crippen molar-refractivity contribution in [1.82, 2.24) is 0 Å². The van der Waals surface area contributed by atoms with Gasteiger partial charge < -0.3 is 4.74 Å². The first-order valence-electron chi connectivity index (χ1n) is 6.32. The second-order valence-corrected chi connectivity index (χ2v) is 5.05. The van der Waals surface area contributed by atoms with Crippen LogP contribution in [-0.2, 0) is 4.79 Å². The molecule has 2 aromatic rings. The van der Waals surface area contributed by atoms with Crippen LogP contribution in [0.4, 0.5) is 5.69 Å². The van der Waals surface area contributed by atoms with Gasteiger partial charge in [0.1, 0.15) is 12.3 Å². The lowest BCUT2D eigenvalue weighted by atomic mass is 10.3. The lowest BCUT2D eigenvalue weighted by Gasteiger charge is -2.20. The van der Waals surface area contributed by atoms with Gasteiger partial charge in [0.15, 0.2) is 6.61 Å². The van der Waals surface area contributed by atoms with Crippen LogP contribution >= 0.6 is 15.9 Å². The maximum atomic E-state index is 12.3. The van der Waals surface area contributed by atoms with Crippen LogP contribution in [0.15, 0.2) is 59.1 Å². The Labute approximate surface area is 131 Å². The Balaban J connectivity index is 2.07. The molecule has 2 aromatic carbocycles. The standard InChI is InChI=1S/C16H13BrN2O2/c17-14-8-4-5-9-15(14)21-12-16(20)19(11-10-18)13-6-2-1-3-7-13/h1-9H,11-12H2. The minimum absolute atomic E-state index is 0.0117. The number of carbonyl (C=O) groups is 1. The van der Waals surface area contributed by atoms with Crippen LogP contribution < -0.4 is 9.64 Å². The van der Waals surface area contributed by atoms with Crippen LogP contribution in [0.3, 0.4) is 0 Å². The predicted molar refractivity (Wildman–Crippen MR) is 84.0 cm³/mol. The third kappa shape index (κ3) is 4.07. The van der Waals surface area contributed by atoms with E-state index < -0.39 is 0 Å². The van der Waals surface area contributed by atoms with E-state index >= 15 is 0 Å². The number of hydrogen-bond acceptors (Lipinski definition) is 3. The number of anilines is 1. The Kier molecular flexibility index (Phi) is 5.35. The highest BCUT2D eigenvalue weighted by Gasteiger charge is 2.16. The fraction of sp³-hybridized carbons (Fsp3) is 0.125. The van der Waals surface area contributed by atoms with Crippen molar-refractivity contribution >= 4 is 27.5 Å². The summed E-state index contributed by atoms with van der Waals surface area (Å²) in [6.07, 6.45) is 0. The van der Waals surface area contributed by atoms with E-state index in [0.29, 0.717) is 11.4 Å². The summed E-state index contributed by atoms with van der Waals surface area (Å²) in [5, 5.41) is 8.88. The molecule has 2 rings (SSSR count). The van der Waals surface area contributed by atoms with Gasteiger partial charge in [-0.2, -0.15) is 5.26 Å². The summed E-state index contributed by atoms with van der Waals surface area (Å²) in [7, 11) is 0. The fourth-order valence-corrected chi connectivity index (χ4v) is 2.18. The first-order chi connectivity index (χ1) is 10.2. The van der Waals surface area contributed by atoms with Crippen molar-refractivity contribution in [3.05, 3.63) is 59.1 Å². The molecule has 0 unspecified atom stereocenters. The van der Waals surface area contributed by atoms with Crippen LogP contribution in [0.25, 0.3) is 0 Å². The molecule has 4 nitrogen and oxygen atoms in total. The second kappa shape index (κ2) is 7.46. The van der Waals surface area contributed by atoms with Crippen molar-refractivity contribution < 1.29 is 9.53 Å². The molecule has 0 N–H and O–H groups in total. The van der Waals surface area contributed by atoms with E-state index in [4.69, 9.17) is 10.00 Å². The molecule has 0 heterocycles. The third-order valence-electron chi connectivity index (χ3n) is 2.79. The Morgan fingerprint density at radius 1 is 1.14 bits per heavy atom. The zero-order chi connectivity index (χ0) is 15.1. The molecule has 0 saturated heterocycles. The van der Waals surface area contributed by atoms with Crippen LogP contribution in [0, 0.1) is 11.3 Å². The topological polar surface area (TPSA) is 53.3 Å². The van der Waals surface area contributed by atoms with Gasteiger partial charge in [0.2, 0.25) is 0 Å². The third-order valence-corrected chi connectivity index (χ3v) is 3.44. The molecule has 0 atom stereocenters. The minimum Gasteiger partial charge on any atom is -0.483 e. The highest BCUT2D eigenvalue weighted by molar-refractivity contribution is 9.10. The van der Waals surface area contributed by atoms with Gasteiger partial charge >= 0.3 is 0 Å². The normalized spacial score (nSPS) is 9.71. The Bertz CT molecular complexity index is 653. The number of nitriles is 1. The number of carbonyl (C=O) groups excluding carboxylic acids is 1. The zero-order valence-electron chi connectivity index (χ0n) is 11.2. The number of para-hydroxylation sites is 2. The zero-order valence-corrected chi connectivity index (χ0v) is 12.8. The summed E-state index contributed by atoms with van der Waals surface area (Å²) >= 11 is 3.36. The second-order valence-electron chi connectivity index (χ2n) is 4.19. The molecule has 0 bridgehead atoms. The van der Waals surface area contributed by atoms with Gasteiger partial charge in [0, 0.05) is 5.69 Å². The molecular formula is C16H13BrN2O2. The Hall–Kier alpha value is -2.32. The quantitative estimate of drug-likeness (QED) is 0.781. The van der Waals surface area contributed by atoms with Gasteiger partial charge in [-0.25, -0.2) is 0 Å². The van der Waals surface area contributed by atoms with Crippen molar-refractivity contribution in [3.63, 3.8) is 0 Å². The van der Waals surface area contributed by atoms with Crippen LogP contribution in [0.2, 0.25) is 0 Å². The van der Waals surface area contributed by atoms with Gasteiger partial charge in [0.05, 0.1) is 10.5 Å². The summed E-state index contributed by atoms with van der Waals surface area (Å²) in [5.41, 5.74) is 0.680. The maximum Gasteiger partial charge on any atom is 0.265 e. The first kappa shape index (κ1) is 15.1. The van der Waals surface area contributed by atoms with E-state index in [1.807, 2.05) is 42.5 Å². The van der Waals surface area contributed by atoms with Crippen LogP contribution in [0.1, 0.15) is 0 Å². The number of amides is 1. The number of benzene rings is 2. The highest BCUT2D eigenvalue weighted by Crippen LogP contribution is 2.24. The minimum atomic E-state index is -0.265. The average Bonchev–Trinajstić information content (AvgIpc) is 2.52. The van der Waals surface area contributed by atoms with E-state index in [1.165, 1.54) is 4.90 Å². The Morgan fingerprint density at radius 2 is 1.81 bits per heavy atom. The largest absolute Gasteiger partial charge is 0.483 e. The van der Waals surface area contributed by atoms with Crippen LogP contribution in [-0.4, -0.2) is 19.1 Å². The predicted octanol–water partition coefficient (Wildman–Crippen LogP) is 3.38. The maximum absolute atomic E-state index is 12.3. The number of nitrogens with zero attached hydrogens (tertiary/aromatic N) is 2. The van der Waals surface area contributed by atoms with Crippen molar-refractivity contribution in [1.29, 1.82) is 5.26 Å². The molecule has 0 aliphatic carbocycles. The van der Waals surface area contributed by atoms with Crippen molar-refractivity contribution in [2.75, 3.05) is 18.1 Å². The smallest absolute Gasteiger partial charge is 0.265 e. The van der Waals surface area contributed by atoms with Gasteiger partial charge in [0.25, 0.3) is 5.91 Å². The molecular weight excluding hydrogens is 332 g/mol. The summed E-state index contributed by atoms with van der Waals surface area (Å²) in [4.78, 5) is 13.7. The molecule has 0 radical (unpaired) electrons. The van der Waals surface area contributed by atoms with E-state index in [1.54, 1.807) is 18.2 Å². The number of rotatable bonds is 5. The highest BCUT2D eigenvalue weighted by atomic mass is 79.9.